The normalized spacial score (nSPS) is 15.8. The molecule has 1 aliphatic carbocycles. The van der Waals surface area contributed by atoms with Gasteiger partial charge in [-0.05, 0) is 119 Å². The van der Waals surface area contributed by atoms with Gasteiger partial charge in [-0.1, -0.05) is 166 Å². The molecule has 3 heteroatoms. The van der Waals surface area contributed by atoms with Crippen LogP contribution in [0.2, 0.25) is 0 Å². The third-order valence-electron chi connectivity index (χ3n) is 14.2. The number of fused-ring (bicyclic) bond motifs is 10. The predicted molar refractivity (Wildman–Crippen MR) is 252 cm³/mol. The van der Waals surface area contributed by atoms with Gasteiger partial charge in [-0.25, -0.2) is 0 Å². The summed E-state index contributed by atoms with van der Waals surface area (Å²) < 4.78 is 6.40. The number of hydrogen-bond acceptors (Lipinski definition) is 2. The Kier molecular flexibility index (Phi) is 7.33. The summed E-state index contributed by atoms with van der Waals surface area (Å²) in [6.07, 6.45) is 0. The lowest BCUT2D eigenvalue weighted by molar-refractivity contribution is 0.574. The fourth-order valence-corrected chi connectivity index (χ4v) is 10.7. The van der Waals surface area contributed by atoms with Crippen molar-refractivity contribution >= 4 is 51.1 Å². The molecule has 0 radical (unpaired) electrons. The molecule has 0 spiro atoms. The molecule has 0 saturated carbocycles. The molecule has 0 atom stereocenters. The smallest absolute Gasteiger partial charge is 0.328 e. The molecule has 3 aliphatic rings. The summed E-state index contributed by atoms with van der Waals surface area (Å²) in [7, 11) is 0. The minimum atomic E-state index is -0.233. The Morgan fingerprint density at radius 2 is 1.12 bits per heavy atom. The van der Waals surface area contributed by atoms with Crippen LogP contribution in [-0.4, -0.2) is 6.85 Å². The molecule has 0 amide bonds. The molecule has 8 aromatic rings. The van der Waals surface area contributed by atoms with Crippen molar-refractivity contribution in [2.75, 3.05) is 4.81 Å². The molecular weight excluding hydrogens is 713 g/mol. The molecule has 2 nitrogen and oxygen atoms in total. The van der Waals surface area contributed by atoms with E-state index in [0.717, 1.165) is 21.9 Å². The zero-order chi connectivity index (χ0) is 41.0. The number of nitrogens with zero attached hydrogens (tertiary/aromatic N) is 1. The summed E-state index contributed by atoms with van der Waals surface area (Å²) in [6.45, 7) is 23.6. The lowest BCUT2D eigenvalue weighted by Gasteiger charge is -2.49. The largest absolute Gasteiger partial charge is 0.456 e. The minimum Gasteiger partial charge on any atom is -0.456 e. The fraction of sp³-hybridized carbons (Fsp3) is 0.250. The van der Waals surface area contributed by atoms with Crippen molar-refractivity contribution in [3.63, 3.8) is 0 Å². The van der Waals surface area contributed by atoms with Crippen LogP contribution in [0.25, 0.3) is 55.3 Å². The first-order chi connectivity index (χ1) is 28.0. The van der Waals surface area contributed by atoms with Crippen LogP contribution in [0.15, 0.2) is 138 Å². The second-order valence-electron chi connectivity index (χ2n) is 20.6. The van der Waals surface area contributed by atoms with E-state index in [9.17, 15) is 0 Å². The molecule has 59 heavy (non-hydrogen) atoms. The van der Waals surface area contributed by atoms with Gasteiger partial charge in [-0.3, -0.25) is 0 Å². The number of furan rings is 1. The van der Waals surface area contributed by atoms with E-state index in [-0.39, 0.29) is 28.5 Å². The first-order valence-corrected chi connectivity index (χ1v) is 21.5. The number of rotatable bonds is 2. The molecule has 290 valence electrons. The zero-order valence-electron chi connectivity index (χ0n) is 36.1. The number of anilines is 2. The van der Waals surface area contributed by atoms with E-state index in [4.69, 9.17) is 4.42 Å². The maximum absolute atomic E-state index is 6.40. The second kappa shape index (κ2) is 11.9. The van der Waals surface area contributed by atoms with Gasteiger partial charge in [0, 0.05) is 38.5 Å². The molecule has 0 unspecified atom stereocenters. The Morgan fingerprint density at radius 3 is 1.90 bits per heavy atom. The average molecular weight is 766 g/mol. The number of para-hydroxylation sites is 1. The van der Waals surface area contributed by atoms with Gasteiger partial charge in [-0.2, -0.15) is 0 Å². The minimum absolute atomic E-state index is 0.0247. The van der Waals surface area contributed by atoms with Crippen LogP contribution < -0.4 is 15.7 Å². The van der Waals surface area contributed by atoms with Crippen molar-refractivity contribution < 1.29 is 4.42 Å². The van der Waals surface area contributed by atoms with Gasteiger partial charge in [0.2, 0.25) is 0 Å². The molecule has 0 saturated heterocycles. The van der Waals surface area contributed by atoms with Gasteiger partial charge in [0.05, 0.1) is 0 Å². The van der Waals surface area contributed by atoms with Crippen molar-refractivity contribution in [3.05, 3.63) is 167 Å². The third-order valence-corrected chi connectivity index (χ3v) is 14.2. The monoisotopic (exact) mass is 765 g/mol. The molecule has 0 fully saturated rings. The quantitative estimate of drug-likeness (QED) is 0.163. The average Bonchev–Trinajstić information content (AvgIpc) is 3.69. The highest BCUT2D eigenvalue weighted by atomic mass is 16.3. The predicted octanol–water partition coefficient (Wildman–Crippen LogP) is 13.7. The summed E-state index contributed by atoms with van der Waals surface area (Å²) in [6, 6.07) is 51.2. The lowest BCUT2D eigenvalue weighted by Crippen LogP contribution is -2.59. The molecule has 1 aromatic heterocycles. The molecular formula is C56H52BNO. The summed E-state index contributed by atoms with van der Waals surface area (Å²) in [5.74, 6) is 0. The standard InChI is InChI=1S/C56H52BNO/c1-53(2,3)35-21-25-49-46(30-35)56(9,10)47-31-36(54(4,5)6)29-43-41-28-34(33-19-23-45-40(27-33)38-15-11-13-17-44(38)55(45,7)8)20-24-48(41)57(58(49)52(43)47)37-22-26-51-42(32-37)39-16-12-14-18-50(39)59-51/h11-32H,1-10H3. The summed E-state index contributed by atoms with van der Waals surface area (Å²) >= 11 is 0. The van der Waals surface area contributed by atoms with Crippen molar-refractivity contribution in [2.45, 2.75) is 90.9 Å². The Hall–Kier alpha value is -5.80. The molecule has 0 N–H and O–H groups in total. The first-order valence-electron chi connectivity index (χ1n) is 21.5. The van der Waals surface area contributed by atoms with Crippen LogP contribution in [0, 0.1) is 0 Å². The van der Waals surface area contributed by atoms with Crippen molar-refractivity contribution in [3.8, 4) is 33.4 Å². The van der Waals surface area contributed by atoms with E-state index in [1.807, 2.05) is 0 Å². The Morgan fingerprint density at radius 1 is 0.475 bits per heavy atom. The van der Waals surface area contributed by atoms with Gasteiger partial charge in [0.1, 0.15) is 11.2 Å². The fourth-order valence-electron chi connectivity index (χ4n) is 10.7. The van der Waals surface area contributed by atoms with E-state index in [2.05, 4.69) is 208 Å². The van der Waals surface area contributed by atoms with Crippen LogP contribution in [0.3, 0.4) is 0 Å². The Bertz CT molecular complexity index is 3090. The summed E-state index contributed by atoms with van der Waals surface area (Å²) in [4.78, 5) is 2.70. The maximum Gasteiger partial charge on any atom is 0.328 e. The molecule has 11 rings (SSSR count). The van der Waals surface area contributed by atoms with E-state index in [0.29, 0.717) is 0 Å². The van der Waals surface area contributed by atoms with E-state index in [1.165, 1.54) is 89.1 Å². The third kappa shape index (κ3) is 5.13. The van der Waals surface area contributed by atoms with Crippen LogP contribution >= 0.6 is 0 Å². The van der Waals surface area contributed by atoms with Crippen LogP contribution in [-0.2, 0) is 21.7 Å². The highest BCUT2D eigenvalue weighted by Gasteiger charge is 2.47. The van der Waals surface area contributed by atoms with Crippen LogP contribution in [0.5, 0.6) is 0 Å². The van der Waals surface area contributed by atoms with Crippen molar-refractivity contribution in [1.82, 2.24) is 0 Å². The summed E-state index contributed by atoms with van der Waals surface area (Å²) in [5, 5.41) is 2.32. The highest BCUT2D eigenvalue weighted by Crippen LogP contribution is 2.56. The van der Waals surface area contributed by atoms with Crippen molar-refractivity contribution in [1.29, 1.82) is 0 Å². The van der Waals surface area contributed by atoms with Crippen LogP contribution in [0.1, 0.15) is 103 Å². The number of hydrogen-bond donors (Lipinski definition) is 0. The second-order valence-corrected chi connectivity index (χ2v) is 20.6. The first kappa shape index (κ1) is 36.3. The lowest BCUT2D eigenvalue weighted by atomic mass is 9.44. The molecule has 3 heterocycles. The van der Waals surface area contributed by atoms with E-state index >= 15 is 0 Å². The van der Waals surface area contributed by atoms with Gasteiger partial charge >= 0.3 is 6.85 Å². The molecule has 2 aliphatic heterocycles. The Balaban J connectivity index is 1.20. The SMILES string of the molecule is CC(C)(C)c1ccc2c(c1)C(C)(C)c1cc(C(C)(C)C)cc3c1N2B(c1ccc2oc4ccccc4c2c1)c1ccc(-c2ccc4c(c2)-c2ccccc2C4(C)C)cc1-3. The summed E-state index contributed by atoms with van der Waals surface area (Å²) in [5.41, 5.74) is 22.9. The Labute approximate surface area is 350 Å². The maximum atomic E-state index is 6.40. The molecule has 7 aromatic carbocycles. The van der Waals surface area contributed by atoms with Gasteiger partial charge in [0.15, 0.2) is 0 Å². The topological polar surface area (TPSA) is 16.4 Å². The van der Waals surface area contributed by atoms with Gasteiger partial charge < -0.3 is 9.23 Å². The van der Waals surface area contributed by atoms with E-state index < -0.39 is 0 Å². The number of benzene rings is 7. The van der Waals surface area contributed by atoms with Crippen molar-refractivity contribution in [2.24, 2.45) is 0 Å². The molecule has 0 bridgehead atoms. The highest BCUT2D eigenvalue weighted by molar-refractivity contribution is 6.91. The van der Waals surface area contributed by atoms with Crippen LogP contribution in [0.4, 0.5) is 11.4 Å². The van der Waals surface area contributed by atoms with Gasteiger partial charge in [-0.15, -0.1) is 0 Å². The zero-order valence-corrected chi connectivity index (χ0v) is 36.1. The van der Waals surface area contributed by atoms with E-state index in [1.54, 1.807) is 0 Å². The van der Waals surface area contributed by atoms with Gasteiger partial charge in [0.25, 0.3) is 0 Å².